The fourth-order valence-electron chi connectivity index (χ4n) is 3.52. The van der Waals surface area contributed by atoms with Crippen molar-refractivity contribution in [1.29, 1.82) is 0 Å². The first-order valence-corrected chi connectivity index (χ1v) is 6.47. The molecule has 2 saturated carbocycles. The summed E-state index contributed by atoms with van der Waals surface area (Å²) in [4.78, 5) is 12.2. The smallest absolute Gasteiger partial charge is 0.229 e. The average Bonchev–Trinajstić information content (AvgIpc) is 2.89. The normalized spacial score (nSPS) is 33.7. The van der Waals surface area contributed by atoms with Gasteiger partial charge in [-0.2, -0.15) is 0 Å². The Bertz CT molecular complexity index is 475. The van der Waals surface area contributed by atoms with Crippen molar-refractivity contribution in [2.75, 3.05) is 5.32 Å². The van der Waals surface area contributed by atoms with E-state index in [9.17, 15) is 9.18 Å². The van der Waals surface area contributed by atoms with Crippen LogP contribution in [0.2, 0.25) is 0 Å². The van der Waals surface area contributed by atoms with Gasteiger partial charge in [0.05, 0.1) is 5.92 Å². The third-order valence-corrected chi connectivity index (χ3v) is 4.38. The van der Waals surface area contributed by atoms with Crippen LogP contribution < -0.4 is 11.1 Å². The van der Waals surface area contributed by atoms with Gasteiger partial charge in [-0.3, -0.25) is 4.79 Å². The van der Waals surface area contributed by atoms with Crippen LogP contribution in [0.1, 0.15) is 19.3 Å². The van der Waals surface area contributed by atoms with Crippen molar-refractivity contribution < 1.29 is 9.18 Å². The van der Waals surface area contributed by atoms with Gasteiger partial charge in [0, 0.05) is 11.7 Å². The van der Waals surface area contributed by atoms with Crippen molar-refractivity contribution in [3.05, 3.63) is 30.1 Å². The van der Waals surface area contributed by atoms with Crippen LogP contribution in [0.15, 0.2) is 24.3 Å². The van der Waals surface area contributed by atoms with Gasteiger partial charge in [0.15, 0.2) is 0 Å². The number of carbonyl (C=O) groups is 1. The molecule has 18 heavy (non-hydrogen) atoms. The standard InChI is InChI=1S/C14H17FN2O/c15-10-2-1-3-11(7-10)17-14(18)12-8-4-5-9(6-8)13(12)16/h1-3,7-9,12-13H,4-6,16H2,(H,17,18). The monoisotopic (exact) mass is 248 g/mol. The lowest BCUT2D eigenvalue weighted by Crippen LogP contribution is -2.42. The topological polar surface area (TPSA) is 55.1 Å². The molecule has 2 aliphatic rings. The van der Waals surface area contributed by atoms with E-state index >= 15 is 0 Å². The first kappa shape index (κ1) is 11.7. The minimum atomic E-state index is -0.343. The predicted octanol–water partition coefficient (Wildman–Crippen LogP) is 2.14. The van der Waals surface area contributed by atoms with Gasteiger partial charge in [-0.1, -0.05) is 6.07 Å². The first-order chi connectivity index (χ1) is 8.65. The van der Waals surface area contributed by atoms with Crippen molar-refractivity contribution in [3.8, 4) is 0 Å². The van der Waals surface area contributed by atoms with Crippen LogP contribution in [0, 0.1) is 23.6 Å². The maximum atomic E-state index is 13.0. The van der Waals surface area contributed by atoms with Gasteiger partial charge in [0.1, 0.15) is 5.82 Å². The maximum absolute atomic E-state index is 13.0. The highest BCUT2D eigenvalue weighted by atomic mass is 19.1. The van der Waals surface area contributed by atoms with Crippen LogP contribution in [0.3, 0.4) is 0 Å². The molecule has 1 aromatic carbocycles. The minimum absolute atomic E-state index is 0.0303. The van der Waals surface area contributed by atoms with Gasteiger partial charge in [-0.15, -0.1) is 0 Å². The summed E-state index contributed by atoms with van der Waals surface area (Å²) in [7, 11) is 0. The van der Waals surface area contributed by atoms with Crippen molar-refractivity contribution in [1.82, 2.24) is 0 Å². The molecule has 2 fully saturated rings. The molecule has 3 nitrogen and oxygen atoms in total. The lowest BCUT2D eigenvalue weighted by atomic mass is 9.84. The van der Waals surface area contributed by atoms with E-state index in [-0.39, 0.29) is 23.7 Å². The molecule has 4 atom stereocenters. The largest absolute Gasteiger partial charge is 0.327 e. The number of fused-ring (bicyclic) bond motifs is 2. The summed E-state index contributed by atoms with van der Waals surface area (Å²) in [6, 6.07) is 5.94. The summed E-state index contributed by atoms with van der Waals surface area (Å²) in [5, 5.41) is 2.78. The van der Waals surface area contributed by atoms with Gasteiger partial charge < -0.3 is 11.1 Å². The molecule has 4 heteroatoms. The molecule has 1 amide bonds. The lowest BCUT2D eigenvalue weighted by Gasteiger charge is -2.27. The highest BCUT2D eigenvalue weighted by molar-refractivity contribution is 5.93. The average molecular weight is 248 g/mol. The summed E-state index contributed by atoms with van der Waals surface area (Å²) in [6.07, 6.45) is 3.32. The maximum Gasteiger partial charge on any atom is 0.229 e. The fourth-order valence-corrected chi connectivity index (χ4v) is 3.52. The zero-order valence-corrected chi connectivity index (χ0v) is 10.1. The Morgan fingerprint density at radius 3 is 2.78 bits per heavy atom. The molecule has 2 bridgehead atoms. The van der Waals surface area contributed by atoms with E-state index in [4.69, 9.17) is 5.73 Å². The molecule has 1 aromatic rings. The lowest BCUT2D eigenvalue weighted by molar-refractivity contribution is -0.121. The Kier molecular flexibility index (Phi) is 2.82. The molecule has 0 saturated heterocycles. The number of nitrogens with one attached hydrogen (secondary N) is 1. The number of halogens is 1. The molecule has 0 spiro atoms. The number of anilines is 1. The van der Waals surface area contributed by atoms with Crippen LogP contribution in [-0.4, -0.2) is 11.9 Å². The first-order valence-electron chi connectivity index (χ1n) is 6.47. The van der Waals surface area contributed by atoms with Crippen LogP contribution in [0.25, 0.3) is 0 Å². The number of rotatable bonds is 2. The zero-order valence-electron chi connectivity index (χ0n) is 10.1. The van der Waals surface area contributed by atoms with E-state index in [1.165, 1.54) is 12.1 Å². The number of hydrogen-bond acceptors (Lipinski definition) is 2. The molecule has 96 valence electrons. The van der Waals surface area contributed by atoms with Crippen LogP contribution in [0.5, 0.6) is 0 Å². The molecule has 0 radical (unpaired) electrons. The van der Waals surface area contributed by atoms with E-state index in [2.05, 4.69) is 5.32 Å². The summed E-state index contributed by atoms with van der Waals surface area (Å²) in [6.45, 7) is 0. The number of amides is 1. The Hall–Kier alpha value is -1.42. The van der Waals surface area contributed by atoms with Crippen molar-refractivity contribution in [2.45, 2.75) is 25.3 Å². The summed E-state index contributed by atoms with van der Waals surface area (Å²) < 4.78 is 13.0. The number of hydrogen-bond donors (Lipinski definition) is 2. The molecule has 2 aliphatic carbocycles. The van der Waals surface area contributed by atoms with Gasteiger partial charge >= 0.3 is 0 Å². The van der Waals surface area contributed by atoms with E-state index in [0.29, 0.717) is 17.5 Å². The number of benzene rings is 1. The van der Waals surface area contributed by atoms with Crippen molar-refractivity contribution in [3.63, 3.8) is 0 Å². The van der Waals surface area contributed by atoms with Gasteiger partial charge in [-0.25, -0.2) is 4.39 Å². The second-order valence-electron chi connectivity index (χ2n) is 5.44. The van der Waals surface area contributed by atoms with E-state index in [0.717, 1.165) is 19.3 Å². The molecule has 4 unspecified atom stereocenters. The molecule has 0 aromatic heterocycles. The quantitative estimate of drug-likeness (QED) is 0.842. The molecule has 0 heterocycles. The Labute approximate surface area is 106 Å². The Balaban J connectivity index is 1.72. The number of carbonyl (C=O) groups excluding carboxylic acids is 1. The van der Waals surface area contributed by atoms with Crippen LogP contribution in [-0.2, 0) is 4.79 Å². The summed E-state index contributed by atoms with van der Waals surface area (Å²) >= 11 is 0. The van der Waals surface area contributed by atoms with Crippen molar-refractivity contribution in [2.24, 2.45) is 23.5 Å². The zero-order chi connectivity index (χ0) is 12.7. The second kappa shape index (κ2) is 4.35. The molecular weight excluding hydrogens is 231 g/mol. The Morgan fingerprint density at radius 1 is 1.33 bits per heavy atom. The van der Waals surface area contributed by atoms with Gasteiger partial charge in [0.25, 0.3) is 0 Å². The molecule has 3 N–H and O–H groups in total. The fraction of sp³-hybridized carbons (Fsp3) is 0.500. The number of nitrogens with two attached hydrogens (primary N) is 1. The van der Waals surface area contributed by atoms with Crippen LogP contribution in [0.4, 0.5) is 10.1 Å². The second-order valence-corrected chi connectivity index (χ2v) is 5.44. The molecule has 3 rings (SSSR count). The summed E-state index contributed by atoms with van der Waals surface area (Å²) in [5.74, 6) is 0.411. The third-order valence-electron chi connectivity index (χ3n) is 4.38. The van der Waals surface area contributed by atoms with Crippen molar-refractivity contribution >= 4 is 11.6 Å². The van der Waals surface area contributed by atoms with Gasteiger partial charge in [0.2, 0.25) is 5.91 Å². The predicted molar refractivity (Wildman–Crippen MR) is 67.3 cm³/mol. The minimum Gasteiger partial charge on any atom is -0.327 e. The van der Waals surface area contributed by atoms with E-state index in [1.54, 1.807) is 12.1 Å². The third kappa shape index (κ3) is 1.90. The molecular formula is C14H17FN2O. The molecule has 0 aliphatic heterocycles. The van der Waals surface area contributed by atoms with Crippen LogP contribution >= 0.6 is 0 Å². The highest BCUT2D eigenvalue weighted by Gasteiger charge is 2.49. The summed E-state index contributed by atoms with van der Waals surface area (Å²) in [5.41, 5.74) is 6.62. The van der Waals surface area contributed by atoms with E-state index in [1.807, 2.05) is 0 Å². The highest BCUT2D eigenvalue weighted by Crippen LogP contribution is 2.47. The Morgan fingerprint density at radius 2 is 2.11 bits per heavy atom. The SMILES string of the molecule is NC1C2CCC(C2)C1C(=O)Nc1cccc(F)c1. The van der Waals surface area contributed by atoms with E-state index < -0.39 is 0 Å². The van der Waals surface area contributed by atoms with Gasteiger partial charge in [-0.05, 0) is 49.3 Å².